The number of rotatable bonds is 8. The van der Waals surface area contributed by atoms with Crippen LogP contribution in [0.3, 0.4) is 0 Å². The summed E-state index contributed by atoms with van der Waals surface area (Å²) in [5, 5.41) is 6.13. The number of nitrogens with zero attached hydrogens (tertiary/aromatic N) is 4. The minimum atomic E-state index is -3.49. The van der Waals surface area contributed by atoms with Crippen molar-refractivity contribution >= 4 is 27.0 Å². The van der Waals surface area contributed by atoms with Crippen LogP contribution < -0.4 is 15.2 Å². The number of sulfonamides is 1. The molecule has 0 radical (unpaired) electrons. The lowest BCUT2D eigenvalue weighted by Crippen LogP contribution is -2.49. The number of piperazine rings is 1. The van der Waals surface area contributed by atoms with Crippen LogP contribution in [0.5, 0.6) is 5.75 Å². The van der Waals surface area contributed by atoms with E-state index >= 15 is 0 Å². The predicted octanol–water partition coefficient (Wildman–Crippen LogP) is 2.98. The lowest BCUT2D eigenvalue weighted by molar-refractivity contribution is 0.301. The Hall–Kier alpha value is -2.69. The molecule has 0 unspecified atom stereocenters. The highest BCUT2D eigenvalue weighted by atomic mass is 32.2. The Labute approximate surface area is 191 Å². The van der Waals surface area contributed by atoms with Gasteiger partial charge in [-0.1, -0.05) is 37.6 Å². The Morgan fingerprint density at radius 3 is 2.47 bits per heavy atom. The second-order valence-corrected chi connectivity index (χ2v) is 10.5. The molecule has 8 nitrogen and oxygen atoms in total. The molecule has 2 aromatic heterocycles. The summed E-state index contributed by atoms with van der Waals surface area (Å²) in [6, 6.07) is 12.6. The zero-order chi connectivity index (χ0) is 22.6. The van der Waals surface area contributed by atoms with Crippen molar-refractivity contribution in [3.63, 3.8) is 0 Å². The Morgan fingerprint density at radius 2 is 1.81 bits per heavy atom. The monoisotopic (exact) mass is 474 g/mol. The minimum Gasteiger partial charge on any atom is -0.486 e. The molecule has 4 rings (SSSR count). The summed E-state index contributed by atoms with van der Waals surface area (Å²) in [6.07, 6.45) is 3.42. The first-order valence-electron chi connectivity index (χ1n) is 10.6. The van der Waals surface area contributed by atoms with E-state index in [4.69, 9.17) is 4.74 Å². The first-order chi connectivity index (χ1) is 15.5. The molecule has 0 aliphatic carbocycles. The van der Waals surface area contributed by atoms with Crippen LogP contribution in [0.25, 0.3) is 5.69 Å². The minimum absolute atomic E-state index is 0.256. The molecule has 170 valence electrons. The van der Waals surface area contributed by atoms with Crippen molar-refractivity contribution in [2.45, 2.75) is 24.0 Å². The molecule has 1 saturated heterocycles. The Bertz CT molecular complexity index is 1190. The number of ether oxygens (including phenoxy) is 1. The van der Waals surface area contributed by atoms with Gasteiger partial charge in [0.2, 0.25) is 5.75 Å². The average Bonchev–Trinajstić information content (AvgIpc) is 3.37. The molecule has 1 aliphatic heterocycles. The fourth-order valence-corrected chi connectivity index (χ4v) is 6.14. The summed E-state index contributed by atoms with van der Waals surface area (Å²) in [5.41, 5.74) is 0.946. The molecule has 10 heteroatoms. The Balaban J connectivity index is 1.59. The van der Waals surface area contributed by atoms with E-state index in [1.807, 2.05) is 35.2 Å². The third-order valence-electron chi connectivity index (χ3n) is 5.33. The highest BCUT2D eigenvalue weighted by Gasteiger charge is 2.31. The lowest BCUT2D eigenvalue weighted by atomic mass is 10.3. The van der Waals surface area contributed by atoms with Crippen molar-refractivity contribution < 1.29 is 13.2 Å². The van der Waals surface area contributed by atoms with Gasteiger partial charge in [0, 0.05) is 26.2 Å². The highest BCUT2D eigenvalue weighted by Crippen LogP contribution is 2.28. The first kappa shape index (κ1) is 22.5. The Morgan fingerprint density at radius 1 is 1.06 bits per heavy atom. The van der Waals surface area contributed by atoms with Crippen LogP contribution in [-0.4, -0.2) is 55.3 Å². The smallest absolute Gasteiger partial charge is 0.316 e. The van der Waals surface area contributed by atoms with Crippen LogP contribution in [0.15, 0.2) is 63.0 Å². The summed E-state index contributed by atoms with van der Waals surface area (Å²) in [5.74, 6) is 0.256. The molecule has 3 aromatic rings. The summed E-state index contributed by atoms with van der Waals surface area (Å²) in [4.78, 5) is 15.2. The maximum Gasteiger partial charge on any atom is 0.316 e. The SMILES string of the molecule is CCCCOc1c(N2CCN(S(=O)(=O)c3cccs3)CC2)cnn(-c2ccccc2)c1=O. The summed E-state index contributed by atoms with van der Waals surface area (Å²) in [7, 11) is -3.49. The maximum atomic E-state index is 13.2. The second-order valence-electron chi connectivity index (χ2n) is 7.44. The normalized spacial score (nSPS) is 15.1. The number of anilines is 1. The number of benzene rings is 1. The van der Waals surface area contributed by atoms with E-state index in [-0.39, 0.29) is 11.3 Å². The van der Waals surface area contributed by atoms with Gasteiger partial charge in [0.15, 0.2) is 0 Å². The van der Waals surface area contributed by atoms with E-state index in [2.05, 4.69) is 12.0 Å². The van der Waals surface area contributed by atoms with E-state index < -0.39 is 10.0 Å². The molecular weight excluding hydrogens is 448 g/mol. The molecule has 32 heavy (non-hydrogen) atoms. The van der Waals surface area contributed by atoms with Crippen molar-refractivity contribution in [2.24, 2.45) is 0 Å². The van der Waals surface area contributed by atoms with E-state index in [0.29, 0.717) is 48.4 Å². The van der Waals surface area contributed by atoms with E-state index in [1.54, 1.807) is 23.7 Å². The van der Waals surface area contributed by atoms with Crippen molar-refractivity contribution in [1.82, 2.24) is 14.1 Å². The fraction of sp³-hybridized carbons (Fsp3) is 0.364. The van der Waals surface area contributed by atoms with Crippen LogP contribution in [-0.2, 0) is 10.0 Å². The van der Waals surface area contributed by atoms with E-state index in [9.17, 15) is 13.2 Å². The van der Waals surface area contributed by atoms with Gasteiger partial charge in [0.05, 0.1) is 18.5 Å². The van der Waals surface area contributed by atoms with Crippen LogP contribution in [0.4, 0.5) is 5.69 Å². The van der Waals surface area contributed by atoms with Gasteiger partial charge in [0.25, 0.3) is 10.0 Å². The lowest BCUT2D eigenvalue weighted by Gasteiger charge is -2.35. The molecule has 0 N–H and O–H groups in total. The Kier molecular flexibility index (Phi) is 6.92. The average molecular weight is 475 g/mol. The van der Waals surface area contributed by atoms with Crippen LogP contribution >= 0.6 is 11.3 Å². The quantitative estimate of drug-likeness (QED) is 0.467. The molecule has 0 bridgehead atoms. The summed E-state index contributed by atoms with van der Waals surface area (Å²) < 4.78 is 34.7. The molecule has 1 aromatic carbocycles. The first-order valence-corrected chi connectivity index (χ1v) is 12.9. The molecule has 0 spiro atoms. The van der Waals surface area contributed by atoms with Gasteiger partial charge in [0.1, 0.15) is 9.90 Å². The van der Waals surface area contributed by atoms with Crippen LogP contribution in [0.2, 0.25) is 0 Å². The van der Waals surface area contributed by atoms with E-state index in [1.165, 1.54) is 20.3 Å². The molecule has 1 aliphatic rings. The van der Waals surface area contributed by atoms with Gasteiger partial charge < -0.3 is 9.64 Å². The molecule has 0 atom stereocenters. The highest BCUT2D eigenvalue weighted by molar-refractivity contribution is 7.91. The predicted molar refractivity (Wildman–Crippen MR) is 126 cm³/mol. The number of para-hydroxylation sites is 1. The number of hydrogen-bond acceptors (Lipinski definition) is 7. The van der Waals surface area contributed by atoms with Gasteiger partial charge in [-0.25, -0.2) is 8.42 Å². The van der Waals surface area contributed by atoms with Crippen LogP contribution in [0, 0.1) is 0 Å². The van der Waals surface area contributed by atoms with Crippen molar-refractivity contribution in [3.8, 4) is 11.4 Å². The van der Waals surface area contributed by atoms with E-state index in [0.717, 1.165) is 12.8 Å². The van der Waals surface area contributed by atoms with Gasteiger partial charge in [-0.05, 0) is 30.0 Å². The maximum absolute atomic E-state index is 13.2. The molecule has 0 amide bonds. The number of aromatic nitrogens is 2. The van der Waals surface area contributed by atoms with Gasteiger partial charge >= 0.3 is 5.56 Å². The largest absolute Gasteiger partial charge is 0.486 e. The van der Waals surface area contributed by atoms with Gasteiger partial charge in [-0.15, -0.1) is 11.3 Å². The fourth-order valence-electron chi connectivity index (χ4n) is 3.57. The molecule has 0 saturated carbocycles. The number of thiophene rings is 1. The third kappa shape index (κ3) is 4.57. The molecule has 1 fully saturated rings. The zero-order valence-corrected chi connectivity index (χ0v) is 19.5. The zero-order valence-electron chi connectivity index (χ0n) is 17.9. The topological polar surface area (TPSA) is 84.7 Å². The van der Waals surface area contributed by atoms with Crippen LogP contribution in [0.1, 0.15) is 19.8 Å². The molecular formula is C22H26N4O4S2. The van der Waals surface area contributed by atoms with Gasteiger partial charge in [-0.3, -0.25) is 4.79 Å². The van der Waals surface area contributed by atoms with Crippen molar-refractivity contribution in [2.75, 3.05) is 37.7 Å². The molecule has 3 heterocycles. The third-order valence-corrected chi connectivity index (χ3v) is 8.60. The summed E-state index contributed by atoms with van der Waals surface area (Å²) >= 11 is 1.22. The van der Waals surface area contributed by atoms with Crippen molar-refractivity contribution in [1.29, 1.82) is 0 Å². The second kappa shape index (κ2) is 9.85. The van der Waals surface area contributed by atoms with Gasteiger partial charge in [-0.2, -0.15) is 14.1 Å². The van der Waals surface area contributed by atoms with Crippen molar-refractivity contribution in [3.05, 3.63) is 64.4 Å². The number of unbranched alkanes of at least 4 members (excludes halogenated alkanes) is 1. The standard InChI is InChI=1S/C22H26N4O4S2/c1-2-3-15-30-21-19(17-23-26(22(21)27)18-8-5-4-6-9-18)24-11-13-25(14-12-24)32(28,29)20-10-7-16-31-20/h4-10,16-17H,2-3,11-15H2,1H3. The summed E-state index contributed by atoms with van der Waals surface area (Å²) in [6.45, 7) is 4.06. The number of hydrogen-bond donors (Lipinski definition) is 0.